The molecule has 0 aliphatic rings. The van der Waals surface area contributed by atoms with Crippen LogP contribution >= 0.6 is 0 Å². The Labute approximate surface area is 184 Å². The monoisotopic (exact) mass is 477 g/mol. The summed E-state index contributed by atoms with van der Waals surface area (Å²) in [5.74, 6) is 2.53. The summed E-state index contributed by atoms with van der Waals surface area (Å²) in [6.07, 6.45) is 3.98. The summed E-state index contributed by atoms with van der Waals surface area (Å²) in [5.41, 5.74) is 1.57. The fraction of sp³-hybridized carbons (Fsp3) is 1.00. The minimum atomic E-state index is 0.522. The molecular formula is C25H57Sn. The molecular weight excluding hydrogens is 419 g/mol. The topological polar surface area (TPSA) is 0 Å². The van der Waals surface area contributed by atoms with E-state index in [4.69, 9.17) is 0 Å². The predicted octanol–water partition coefficient (Wildman–Crippen LogP) is 9.44. The van der Waals surface area contributed by atoms with E-state index < -0.39 is 0 Å². The molecule has 0 aromatic heterocycles. The third-order valence-corrected chi connectivity index (χ3v) is 3.06. The zero-order chi connectivity index (χ0) is 22.4. The molecule has 0 aromatic carbocycles. The van der Waals surface area contributed by atoms with Crippen LogP contribution in [0.3, 0.4) is 0 Å². The average molecular weight is 476 g/mol. The van der Waals surface area contributed by atoms with Crippen molar-refractivity contribution in [2.45, 2.75) is 128 Å². The molecule has 0 aromatic rings. The van der Waals surface area contributed by atoms with Gasteiger partial charge >= 0.3 is 27.5 Å². The van der Waals surface area contributed by atoms with Crippen molar-refractivity contribution in [3.8, 4) is 0 Å². The van der Waals surface area contributed by atoms with Gasteiger partial charge in [-0.2, -0.15) is 0 Å². The third-order valence-electron chi connectivity index (χ3n) is 3.06. The van der Waals surface area contributed by atoms with Crippen molar-refractivity contribution in [2.75, 3.05) is 0 Å². The van der Waals surface area contributed by atoms with E-state index in [1.54, 1.807) is 22.5 Å². The van der Waals surface area contributed by atoms with Gasteiger partial charge in [-0.1, -0.05) is 104 Å². The first kappa shape index (κ1) is 34.3. The van der Waals surface area contributed by atoms with Crippen molar-refractivity contribution in [1.29, 1.82) is 0 Å². The molecule has 0 fully saturated rings. The fourth-order valence-corrected chi connectivity index (χ4v) is 3.67. The summed E-state index contributed by atoms with van der Waals surface area (Å²) in [4.78, 5) is 2.09. The summed E-state index contributed by atoms with van der Waals surface area (Å²) < 4.78 is 0. The Morgan fingerprint density at radius 2 is 0.538 bits per heavy atom. The maximum atomic E-state index is 2.28. The Morgan fingerprint density at radius 3 is 0.538 bits per heavy atom. The van der Waals surface area contributed by atoms with Crippen LogP contribution in [-0.2, 0) is 0 Å². The van der Waals surface area contributed by atoms with Crippen molar-refractivity contribution in [3.63, 3.8) is 0 Å². The molecule has 0 rings (SSSR count). The average Bonchev–Trinajstić information content (AvgIpc) is 2.21. The molecule has 0 atom stereocenters. The van der Waals surface area contributed by atoms with Gasteiger partial charge < -0.3 is 0 Å². The van der Waals surface area contributed by atoms with Crippen molar-refractivity contribution in [3.05, 3.63) is 0 Å². The molecule has 0 aliphatic carbocycles. The van der Waals surface area contributed by atoms with Gasteiger partial charge in [0.05, 0.1) is 0 Å². The second-order valence-corrected chi connectivity index (χ2v) is 12.5. The molecule has 0 amide bonds. The molecule has 0 saturated carbocycles. The van der Waals surface area contributed by atoms with E-state index in [2.05, 4.69) is 109 Å². The third kappa shape index (κ3) is 56.3. The van der Waals surface area contributed by atoms with Crippen LogP contribution < -0.4 is 0 Å². The molecule has 26 heavy (non-hydrogen) atoms. The van der Waals surface area contributed by atoms with Crippen LogP contribution in [0.4, 0.5) is 0 Å². The molecule has 0 heterocycles. The quantitative estimate of drug-likeness (QED) is 0.356. The Hall–Kier alpha value is 0.799. The van der Waals surface area contributed by atoms with Crippen LogP contribution in [0.2, 0.25) is 4.94 Å². The molecule has 0 nitrogen and oxygen atoms in total. The first-order valence-electron chi connectivity index (χ1n) is 10.7. The summed E-state index contributed by atoms with van der Waals surface area (Å²) in [6, 6.07) is 0. The predicted molar refractivity (Wildman–Crippen MR) is 128 cm³/mol. The first-order chi connectivity index (χ1) is 11.2. The fourth-order valence-electron chi connectivity index (χ4n) is 3.67. The second kappa shape index (κ2) is 16.7. The van der Waals surface area contributed by atoms with Gasteiger partial charge in [0.1, 0.15) is 0 Å². The van der Waals surface area contributed by atoms with Crippen molar-refractivity contribution in [2.24, 2.45) is 34.0 Å². The van der Waals surface area contributed by atoms with Crippen molar-refractivity contribution < 1.29 is 0 Å². The summed E-state index contributed by atoms with van der Waals surface area (Å²) in [5, 5.41) is 0. The van der Waals surface area contributed by atoms with Crippen LogP contribution in [0, 0.1) is 34.0 Å². The minimum absolute atomic E-state index is 0.522. The van der Waals surface area contributed by atoms with Crippen molar-refractivity contribution in [1.82, 2.24) is 0 Å². The van der Waals surface area contributed by atoms with Gasteiger partial charge in [-0.3, -0.25) is 0 Å². The van der Waals surface area contributed by atoms with E-state index in [1.165, 1.54) is 19.3 Å². The van der Waals surface area contributed by atoms with Gasteiger partial charge in [0.15, 0.2) is 0 Å². The maximum absolute atomic E-state index is 2.28. The van der Waals surface area contributed by atoms with E-state index in [1.807, 2.05) is 0 Å². The van der Waals surface area contributed by atoms with E-state index in [-0.39, 0.29) is 0 Å². The standard InChI is InChI=1S/3C8H18.CH3.Sn/c3*1-7(2)6-8(3,4)5;;/h3*7H,6H2,1-5H3;1H3;. The van der Waals surface area contributed by atoms with Gasteiger partial charge in [-0.25, -0.2) is 0 Å². The molecule has 0 unspecified atom stereocenters. The molecule has 0 spiro atoms. The van der Waals surface area contributed by atoms with Crippen LogP contribution in [0.25, 0.3) is 0 Å². The molecule has 0 N–H and O–H groups in total. The van der Waals surface area contributed by atoms with Crippen LogP contribution in [0.5, 0.6) is 0 Å². The molecule has 0 bridgehead atoms. The molecule has 3 radical (unpaired) electrons. The van der Waals surface area contributed by atoms with Crippen molar-refractivity contribution >= 4 is 22.5 Å². The van der Waals surface area contributed by atoms with E-state index in [0.29, 0.717) is 16.2 Å². The Morgan fingerprint density at radius 1 is 0.423 bits per heavy atom. The molecule has 0 aliphatic heterocycles. The van der Waals surface area contributed by atoms with Gasteiger partial charge in [0.25, 0.3) is 0 Å². The second-order valence-electron chi connectivity index (χ2n) is 12.5. The van der Waals surface area contributed by atoms with Gasteiger partial charge in [-0.15, -0.1) is 0 Å². The van der Waals surface area contributed by atoms with E-state index in [9.17, 15) is 0 Å². The summed E-state index contributed by atoms with van der Waals surface area (Å²) in [7, 11) is 0. The number of hydrogen-bond acceptors (Lipinski definition) is 0. The number of rotatable bonds is 3. The molecule has 161 valence electrons. The Kier molecular flexibility index (Phi) is 22.1. The Balaban J connectivity index is -0.000000133. The Bertz CT molecular complexity index is 218. The zero-order valence-electron chi connectivity index (χ0n) is 21.9. The first-order valence-corrected chi connectivity index (χ1v) is 13.6. The van der Waals surface area contributed by atoms with E-state index in [0.717, 1.165) is 17.8 Å². The zero-order valence-corrected chi connectivity index (χ0v) is 24.7. The number of hydrogen-bond donors (Lipinski definition) is 0. The molecule has 0 saturated heterocycles. The van der Waals surface area contributed by atoms with Gasteiger partial charge in [-0.05, 0) is 53.3 Å². The summed E-state index contributed by atoms with van der Waals surface area (Å²) in [6.45, 7) is 34.2. The van der Waals surface area contributed by atoms with Crippen LogP contribution in [-0.4, -0.2) is 22.5 Å². The SMILES string of the molecule is CC(C)CC(C)(C)C.CC(C)CC(C)(C)C.CC(C)CC(C)(C)C.[CH3][Sn]. The van der Waals surface area contributed by atoms with Crippen LogP contribution in [0.15, 0.2) is 0 Å². The van der Waals surface area contributed by atoms with Gasteiger partial charge in [0.2, 0.25) is 0 Å². The molecule has 1 heteroatoms. The summed E-state index contributed by atoms with van der Waals surface area (Å²) >= 11 is 1.55. The normalized spacial score (nSPS) is 12.0. The van der Waals surface area contributed by atoms with E-state index >= 15 is 0 Å². The van der Waals surface area contributed by atoms with Crippen LogP contribution in [0.1, 0.15) is 123 Å². The van der Waals surface area contributed by atoms with Gasteiger partial charge in [0, 0.05) is 0 Å².